The van der Waals surface area contributed by atoms with Gasteiger partial charge in [0.2, 0.25) is 0 Å². The maximum absolute atomic E-state index is 12.5. The van der Waals surface area contributed by atoms with Crippen LogP contribution in [0.1, 0.15) is 21.7 Å². The number of hydrogen-bond donors (Lipinski definition) is 1. The van der Waals surface area contributed by atoms with Crippen molar-refractivity contribution in [2.45, 2.75) is 25.0 Å². The number of hydrogen-bond acceptors (Lipinski definition) is 3. The third kappa shape index (κ3) is 2.62. The van der Waals surface area contributed by atoms with Crippen molar-refractivity contribution in [3.05, 3.63) is 58.3 Å². The Morgan fingerprint density at radius 1 is 1.25 bits per heavy atom. The molecule has 1 aromatic heterocycles. The fourth-order valence-electron chi connectivity index (χ4n) is 2.73. The van der Waals surface area contributed by atoms with E-state index in [1.165, 1.54) is 11.3 Å². The SMILES string of the molecule is O=C(c1cccs1)N1CC[C@@H](O)[C@H]1Cc1ccccc1. The standard InChI is InChI=1S/C16H17NO2S/c18-14-8-9-17(16(19)15-7-4-10-20-15)13(14)11-12-5-2-1-3-6-12/h1-7,10,13-14,18H,8-9,11H2/t13-,14-/m1/s1. The van der Waals surface area contributed by atoms with Gasteiger partial charge in [-0.2, -0.15) is 0 Å². The number of likely N-dealkylation sites (tertiary alicyclic amines) is 1. The molecule has 2 aromatic rings. The number of carbonyl (C=O) groups is 1. The summed E-state index contributed by atoms with van der Waals surface area (Å²) in [6, 6.07) is 13.6. The Balaban J connectivity index is 1.78. The molecule has 1 aliphatic rings. The molecule has 104 valence electrons. The maximum atomic E-state index is 12.5. The molecule has 1 amide bonds. The molecule has 4 heteroatoms. The first kappa shape index (κ1) is 13.3. The van der Waals surface area contributed by atoms with Crippen molar-refractivity contribution < 1.29 is 9.90 Å². The van der Waals surface area contributed by atoms with Crippen LogP contribution in [-0.2, 0) is 6.42 Å². The Morgan fingerprint density at radius 3 is 2.75 bits per heavy atom. The van der Waals surface area contributed by atoms with E-state index in [0.29, 0.717) is 19.4 Å². The first-order chi connectivity index (χ1) is 9.75. The second-order valence-corrected chi connectivity index (χ2v) is 6.04. The van der Waals surface area contributed by atoms with Crippen molar-refractivity contribution in [3.8, 4) is 0 Å². The number of rotatable bonds is 3. The van der Waals surface area contributed by atoms with E-state index in [4.69, 9.17) is 0 Å². The van der Waals surface area contributed by atoms with Crippen molar-refractivity contribution >= 4 is 17.2 Å². The Hall–Kier alpha value is -1.65. The van der Waals surface area contributed by atoms with E-state index in [-0.39, 0.29) is 11.9 Å². The summed E-state index contributed by atoms with van der Waals surface area (Å²) in [4.78, 5) is 15.0. The Morgan fingerprint density at radius 2 is 2.05 bits per heavy atom. The average Bonchev–Trinajstić information content (AvgIpc) is 3.11. The largest absolute Gasteiger partial charge is 0.391 e. The van der Waals surface area contributed by atoms with Crippen molar-refractivity contribution in [2.75, 3.05) is 6.54 Å². The zero-order valence-electron chi connectivity index (χ0n) is 11.1. The minimum atomic E-state index is -0.431. The van der Waals surface area contributed by atoms with E-state index >= 15 is 0 Å². The summed E-state index contributed by atoms with van der Waals surface area (Å²) in [6.45, 7) is 0.634. The third-order valence-electron chi connectivity index (χ3n) is 3.79. The minimum Gasteiger partial charge on any atom is -0.391 e. The highest BCUT2D eigenvalue weighted by atomic mass is 32.1. The number of nitrogens with zero attached hydrogens (tertiary/aromatic N) is 1. The van der Waals surface area contributed by atoms with Gasteiger partial charge >= 0.3 is 0 Å². The maximum Gasteiger partial charge on any atom is 0.264 e. The Kier molecular flexibility index (Phi) is 3.85. The highest BCUT2D eigenvalue weighted by Gasteiger charge is 2.36. The van der Waals surface area contributed by atoms with Crippen LogP contribution in [0, 0.1) is 0 Å². The molecule has 3 rings (SSSR count). The summed E-state index contributed by atoms with van der Waals surface area (Å²) in [5.41, 5.74) is 1.16. The van der Waals surface area contributed by atoms with Crippen LogP contribution < -0.4 is 0 Å². The topological polar surface area (TPSA) is 40.5 Å². The van der Waals surface area contributed by atoms with Gasteiger partial charge < -0.3 is 10.0 Å². The molecule has 0 saturated carbocycles. The molecular weight excluding hydrogens is 270 g/mol. The normalized spacial score (nSPS) is 22.1. The number of amides is 1. The summed E-state index contributed by atoms with van der Waals surface area (Å²) in [6.07, 6.45) is 0.937. The van der Waals surface area contributed by atoms with Gasteiger partial charge in [0, 0.05) is 6.54 Å². The van der Waals surface area contributed by atoms with Crippen molar-refractivity contribution in [1.82, 2.24) is 4.90 Å². The lowest BCUT2D eigenvalue weighted by molar-refractivity contribution is 0.0644. The number of thiophene rings is 1. The van der Waals surface area contributed by atoms with Crippen molar-refractivity contribution in [2.24, 2.45) is 0 Å². The van der Waals surface area contributed by atoms with Gasteiger partial charge in [-0.25, -0.2) is 0 Å². The van der Waals surface area contributed by atoms with Gasteiger partial charge in [-0.15, -0.1) is 11.3 Å². The minimum absolute atomic E-state index is 0.0393. The molecular formula is C16H17NO2S. The Bertz CT molecular complexity index is 567. The molecule has 0 spiro atoms. The summed E-state index contributed by atoms with van der Waals surface area (Å²) in [5.74, 6) is 0.0393. The number of aliphatic hydroxyl groups excluding tert-OH is 1. The van der Waals surface area contributed by atoms with E-state index in [0.717, 1.165) is 10.4 Å². The molecule has 3 nitrogen and oxygen atoms in total. The lowest BCUT2D eigenvalue weighted by Crippen LogP contribution is -2.40. The molecule has 2 heterocycles. The van der Waals surface area contributed by atoms with Crippen LogP contribution in [0.15, 0.2) is 47.8 Å². The molecule has 0 aliphatic carbocycles. The molecule has 2 atom stereocenters. The molecule has 1 aromatic carbocycles. The summed E-state index contributed by atoms with van der Waals surface area (Å²) in [7, 11) is 0. The van der Waals surface area contributed by atoms with Gasteiger partial charge in [0.05, 0.1) is 17.0 Å². The van der Waals surface area contributed by atoms with Crippen molar-refractivity contribution in [3.63, 3.8) is 0 Å². The van der Waals surface area contributed by atoms with Crippen molar-refractivity contribution in [1.29, 1.82) is 0 Å². The molecule has 0 radical (unpaired) electrons. The van der Waals surface area contributed by atoms with E-state index in [2.05, 4.69) is 0 Å². The fourth-order valence-corrected chi connectivity index (χ4v) is 3.41. The molecule has 1 aliphatic heterocycles. The van der Waals surface area contributed by atoms with Gasteiger partial charge in [-0.3, -0.25) is 4.79 Å². The number of carbonyl (C=O) groups excluding carboxylic acids is 1. The summed E-state index contributed by atoms with van der Waals surface area (Å²) < 4.78 is 0. The molecule has 20 heavy (non-hydrogen) atoms. The van der Waals surface area contributed by atoms with Gasteiger partial charge in [-0.1, -0.05) is 36.4 Å². The fraction of sp³-hybridized carbons (Fsp3) is 0.312. The molecule has 1 N–H and O–H groups in total. The smallest absolute Gasteiger partial charge is 0.264 e. The summed E-state index contributed by atoms with van der Waals surface area (Å²) >= 11 is 1.45. The zero-order chi connectivity index (χ0) is 13.9. The van der Waals surface area contributed by atoms with Crippen LogP contribution in [0.5, 0.6) is 0 Å². The molecule has 0 unspecified atom stereocenters. The average molecular weight is 287 g/mol. The Labute approximate surface area is 122 Å². The number of benzene rings is 1. The second kappa shape index (κ2) is 5.77. The molecule has 1 saturated heterocycles. The van der Waals surface area contributed by atoms with Gasteiger partial charge in [0.15, 0.2) is 0 Å². The van der Waals surface area contributed by atoms with Gasteiger partial charge in [0.25, 0.3) is 5.91 Å². The highest BCUT2D eigenvalue weighted by Crippen LogP contribution is 2.25. The number of aliphatic hydroxyl groups is 1. The monoisotopic (exact) mass is 287 g/mol. The zero-order valence-corrected chi connectivity index (χ0v) is 11.9. The van der Waals surface area contributed by atoms with E-state index in [9.17, 15) is 9.90 Å². The molecule has 0 bridgehead atoms. The third-order valence-corrected chi connectivity index (χ3v) is 4.65. The van der Waals surface area contributed by atoms with Crippen LogP contribution in [0.25, 0.3) is 0 Å². The first-order valence-electron chi connectivity index (χ1n) is 6.82. The predicted molar refractivity (Wildman–Crippen MR) is 79.9 cm³/mol. The predicted octanol–water partition coefficient (Wildman–Crippen LogP) is 2.57. The van der Waals surface area contributed by atoms with Crippen LogP contribution in [0.4, 0.5) is 0 Å². The van der Waals surface area contributed by atoms with Crippen LogP contribution >= 0.6 is 11.3 Å². The van der Waals surface area contributed by atoms with Crippen LogP contribution in [-0.4, -0.2) is 34.6 Å². The molecule has 1 fully saturated rings. The highest BCUT2D eigenvalue weighted by molar-refractivity contribution is 7.12. The van der Waals surface area contributed by atoms with E-state index in [1.54, 1.807) is 0 Å². The van der Waals surface area contributed by atoms with E-state index < -0.39 is 6.10 Å². The van der Waals surface area contributed by atoms with Crippen LogP contribution in [0.3, 0.4) is 0 Å². The van der Waals surface area contributed by atoms with Crippen LogP contribution in [0.2, 0.25) is 0 Å². The van der Waals surface area contributed by atoms with Gasteiger partial charge in [0.1, 0.15) is 0 Å². The lowest BCUT2D eigenvalue weighted by Gasteiger charge is -2.26. The summed E-state index contributed by atoms with van der Waals surface area (Å²) in [5, 5.41) is 12.1. The lowest BCUT2D eigenvalue weighted by atomic mass is 10.0. The van der Waals surface area contributed by atoms with Gasteiger partial charge in [-0.05, 0) is 29.9 Å². The quantitative estimate of drug-likeness (QED) is 0.942. The first-order valence-corrected chi connectivity index (χ1v) is 7.70. The van der Waals surface area contributed by atoms with E-state index in [1.807, 2.05) is 52.7 Å². The second-order valence-electron chi connectivity index (χ2n) is 5.09.